The Kier molecular flexibility index (Phi) is 7.86. The van der Waals surface area contributed by atoms with Crippen molar-refractivity contribution in [3.8, 4) is 17.1 Å². The number of carbonyl (C=O) groups excluding carboxylic acids is 2. The molecule has 182 valence electrons. The highest BCUT2D eigenvalue weighted by Crippen LogP contribution is 2.39. The van der Waals surface area contributed by atoms with Gasteiger partial charge in [0, 0.05) is 12.7 Å². The molecule has 8 heteroatoms. The van der Waals surface area contributed by atoms with Crippen molar-refractivity contribution in [1.29, 1.82) is 5.41 Å². The smallest absolute Gasteiger partial charge is 0.185 e. The first-order valence-electron chi connectivity index (χ1n) is 11.2. The number of aryl methyl sites for hydroxylation is 1. The number of hydrazone groups is 1. The Morgan fingerprint density at radius 1 is 1.17 bits per heavy atom. The van der Waals surface area contributed by atoms with Gasteiger partial charge < -0.3 is 20.2 Å². The molecule has 0 spiro atoms. The molecular weight excluding hydrogens is 444 g/mol. The van der Waals surface area contributed by atoms with Crippen LogP contribution in [0.25, 0.3) is 11.3 Å². The van der Waals surface area contributed by atoms with Gasteiger partial charge in [-0.2, -0.15) is 5.10 Å². The maximum absolute atomic E-state index is 10.8. The molecular formula is C27H30N4O4. The Hall–Kier alpha value is -4.20. The van der Waals surface area contributed by atoms with Gasteiger partial charge >= 0.3 is 0 Å². The summed E-state index contributed by atoms with van der Waals surface area (Å²) >= 11 is 0. The quantitative estimate of drug-likeness (QED) is 0.157. The molecule has 35 heavy (non-hydrogen) atoms. The Labute approximate surface area is 204 Å². The molecule has 8 nitrogen and oxygen atoms in total. The standard InChI is InChI=1S/C15H13N3O4.C12H17N/c1-9(16)13(8-20)18-17-12-4-2-3-11(15(12)21)14-6-5-10(7-19)22-14;1-12(2)7-6-9-4-5-10(13-3)8-11(9)12/h2-8,16-17,21H,1H3;4-5,8,13H,6-7H2,1-3H3/b16-9?,18-13+;. The van der Waals surface area contributed by atoms with Gasteiger partial charge in [0.15, 0.2) is 24.1 Å². The lowest BCUT2D eigenvalue weighted by Gasteiger charge is -2.19. The zero-order chi connectivity index (χ0) is 25.6. The number of nitrogens with one attached hydrogen (secondary N) is 3. The average molecular weight is 475 g/mol. The van der Waals surface area contributed by atoms with E-state index in [1.807, 2.05) is 7.05 Å². The Morgan fingerprint density at radius 2 is 1.94 bits per heavy atom. The molecule has 2 aromatic carbocycles. The van der Waals surface area contributed by atoms with Crippen molar-refractivity contribution in [2.24, 2.45) is 5.10 Å². The highest BCUT2D eigenvalue weighted by molar-refractivity contribution is 6.60. The van der Waals surface area contributed by atoms with Gasteiger partial charge in [0.25, 0.3) is 0 Å². The normalized spacial score (nSPS) is 13.8. The molecule has 1 aromatic heterocycles. The van der Waals surface area contributed by atoms with Crippen LogP contribution in [0.3, 0.4) is 0 Å². The van der Waals surface area contributed by atoms with Crippen LogP contribution in [0.2, 0.25) is 0 Å². The van der Waals surface area contributed by atoms with Gasteiger partial charge in [-0.1, -0.05) is 26.0 Å². The van der Waals surface area contributed by atoms with Gasteiger partial charge in [0.1, 0.15) is 11.5 Å². The first-order valence-corrected chi connectivity index (χ1v) is 11.2. The minimum absolute atomic E-state index is 0.000182. The summed E-state index contributed by atoms with van der Waals surface area (Å²) < 4.78 is 5.26. The molecule has 1 aliphatic carbocycles. The van der Waals surface area contributed by atoms with Crippen LogP contribution in [0.15, 0.2) is 58.0 Å². The summed E-state index contributed by atoms with van der Waals surface area (Å²) in [5, 5.41) is 24.5. The third-order valence-corrected chi connectivity index (χ3v) is 5.98. The van der Waals surface area contributed by atoms with E-state index in [2.05, 4.69) is 47.9 Å². The maximum Gasteiger partial charge on any atom is 0.185 e. The lowest BCUT2D eigenvalue weighted by molar-refractivity contribution is -0.102. The summed E-state index contributed by atoms with van der Waals surface area (Å²) in [7, 11) is 1.98. The molecule has 0 bridgehead atoms. The van der Waals surface area contributed by atoms with Gasteiger partial charge in [-0.25, -0.2) is 0 Å². The number of phenolic OH excluding ortho intramolecular Hbond substituents is 1. The zero-order valence-corrected chi connectivity index (χ0v) is 20.3. The second kappa shape index (κ2) is 10.8. The van der Waals surface area contributed by atoms with Crippen molar-refractivity contribution in [2.75, 3.05) is 17.8 Å². The maximum atomic E-state index is 10.8. The lowest BCUT2D eigenvalue weighted by Crippen LogP contribution is -2.12. The van der Waals surface area contributed by atoms with Gasteiger partial charge in [-0.3, -0.25) is 15.0 Å². The molecule has 3 aromatic rings. The van der Waals surface area contributed by atoms with Gasteiger partial charge in [-0.15, -0.1) is 0 Å². The van der Waals surface area contributed by atoms with Crippen molar-refractivity contribution in [3.63, 3.8) is 0 Å². The zero-order valence-electron chi connectivity index (χ0n) is 20.3. The van der Waals surface area contributed by atoms with E-state index in [-0.39, 0.29) is 28.6 Å². The van der Waals surface area contributed by atoms with Crippen LogP contribution in [-0.4, -0.2) is 36.1 Å². The van der Waals surface area contributed by atoms with E-state index in [0.717, 1.165) is 0 Å². The molecule has 4 rings (SSSR count). The number of hydrogen-bond acceptors (Lipinski definition) is 8. The van der Waals surface area contributed by atoms with E-state index in [4.69, 9.17) is 9.83 Å². The van der Waals surface area contributed by atoms with Crippen LogP contribution >= 0.6 is 0 Å². The third-order valence-electron chi connectivity index (χ3n) is 5.98. The molecule has 1 aliphatic rings. The number of furan rings is 1. The van der Waals surface area contributed by atoms with Crippen LogP contribution in [0, 0.1) is 5.41 Å². The summed E-state index contributed by atoms with van der Waals surface area (Å²) in [6.07, 6.45) is 3.54. The molecule has 1 heterocycles. The van der Waals surface area contributed by atoms with Crippen LogP contribution in [-0.2, 0) is 16.6 Å². The summed E-state index contributed by atoms with van der Waals surface area (Å²) in [4.78, 5) is 21.4. The van der Waals surface area contributed by atoms with Gasteiger partial charge in [0.05, 0.1) is 17.0 Å². The van der Waals surface area contributed by atoms with E-state index in [1.165, 1.54) is 42.6 Å². The number of fused-ring (bicyclic) bond motifs is 1. The summed E-state index contributed by atoms with van der Waals surface area (Å²) in [5.74, 6) is 0.325. The Bertz CT molecular complexity index is 1270. The summed E-state index contributed by atoms with van der Waals surface area (Å²) in [5.41, 5.74) is 7.73. The van der Waals surface area contributed by atoms with E-state index < -0.39 is 0 Å². The number of phenols is 1. The number of aromatic hydroxyl groups is 1. The van der Waals surface area contributed by atoms with Gasteiger partial charge in [-0.05, 0) is 72.7 Å². The number of nitrogens with zero attached hydrogens (tertiary/aromatic N) is 1. The molecule has 0 aliphatic heterocycles. The highest BCUT2D eigenvalue weighted by Gasteiger charge is 2.29. The first kappa shape index (κ1) is 25.4. The van der Waals surface area contributed by atoms with Crippen LogP contribution in [0.5, 0.6) is 5.75 Å². The molecule has 4 N–H and O–H groups in total. The molecule has 0 saturated heterocycles. The van der Waals surface area contributed by atoms with E-state index in [0.29, 0.717) is 29.3 Å². The fraction of sp³-hybridized carbons (Fsp3) is 0.259. The van der Waals surface area contributed by atoms with E-state index in [9.17, 15) is 14.7 Å². The van der Waals surface area contributed by atoms with E-state index in [1.54, 1.807) is 24.3 Å². The number of hydrogen-bond donors (Lipinski definition) is 4. The second-order valence-electron chi connectivity index (χ2n) is 8.88. The monoisotopic (exact) mass is 474 g/mol. The summed E-state index contributed by atoms with van der Waals surface area (Å²) in [6.45, 7) is 6.09. The van der Waals surface area contributed by atoms with Crippen molar-refractivity contribution in [2.45, 2.75) is 39.0 Å². The van der Waals surface area contributed by atoms with Crippen LogP contribution < -0.4 is 10.7 Å². The predicted molar refractivity (Wildman–Crippen MR) is 139 cm³/mol. The number of rotatable bonds is 7. The first-order chi connectivity index (χ1) is 16.7. The van der Waals surface area contributed by atoms with Crippen molar-refractivity contribution in [1.82, 2.24) is 0 Å². The fourth-order valence-corrected chi connectivity index (χ4v) is 3.87. The fourth-order valence-electron chi connectivity index (χ4n) is 3.87. The summed E-state index contributed by atoms with van der Waals surface area (Å²) in [6, 6.07) is 14.6. The topological polar surface area (TPSA) is 128 Å². The molecule has 0 radical (unpaired) electrons. The van der Waals surface area contributed by atoms with Crippen molar-refractivity contribution < 1.29 is 19.1 Å². The molecule has 0 unspecified atom stereocenters. The number of benzene rings is 2. The second-order valence-corrected chi connectivity index (χ2v) is 8.88. The molecule has 0 atom stereocenters. The minimum atomic E-state index is -0.147. The van der Waals surface area contributed by atoms with E-state index >= 15 is 0 Å². The van der Waals surface area contributed by atoms with Crippen LogP contribution in [0.4, 0.5) is 11.4 Å². The number of aldehydes is 2. The Balaban J connectivity index is 0.000000223. The largest absolute Gasteiger partial charge is 0.505 e. The van der Waals surface area contributed by atoms with Crippen molar-refractivity contribution in [3.05, 3.63) is 65.4 Å². The SMILES string of the molecule is CC(=N)/C(C=O)=N/Nc1cccc(-c2ccc(C=O)o2)c1O.CNc1ccc2c(c1)C(C)(C)CC2. The number of para-hydroxylation sites is 1. The minimum Gasteiger partial charge on any atom is -0.505 e. The van der Waals surface area contributed by atoms with Crippen LogP contribution in [0.1, 0.15) is 48.9 Å². The van der Waals surface area contributed by atoms with Gasteiger partial charge in [0.2, 0.25) is 0 Å². The predicted octanol–water partition coefficient (Wildman–Crippen LogP) is 5.42. The number of anilines is 2. The molecule has 0 fully saturated rings. The van der Waals surface area contributed by atoms with Crippen molar-refractivity contribution >= 4 is 35.4 Å². The third kappa shape index (κ3) is 5.84. The molecule has 0 saturated carbocycles. The average Bonchev–Trinajstić information content (AvgIpc) is 3.44. The number of carbonyl (C=O) groups is 2. The Morgan fingerprint density at radius 3 is 2.57 bits per heavy atom. The lowest BCUT2D eigenvalue weighted by atomic mass is 9.86. The molecule has 0 amide bonds. The highest BCUT2D eigenvalue weighted by atomic mass is 16.3.